The average Bonchev–Trinajstić information content (AvgIpc) is 3.21. The van der Waals surface area contributed by atoms with Gasteiger partial charge in [-0.1, -0.05) is 30.3 Å². The Labute approximate surface area is 225 Å². The van der Waals surface area contributed by atoms with E-state index in [9.17, 15) is 22.8 Å². The molecular formula is C29H21F3N4O4. The summed E-state index contributed by atoms with van der Waals surface area (Å²) in [7, 11) is 0. The maximum atomic E-state index is 12.7. The first-order valence-corrected chi connectivity index (χ1v) is 12.0. The third-order valence-electron chi connectivity index (χ3n) is 5.79. The van der Waals surface area contributed by atoms with Gasteiger partial charge in [-0.2, -0.15) is 13.2 Å². The smallest absolute Gasteiger partial charge is 0.425 e. The van der Waals surface area contributed by atoms with Gasteiger partial charge in [0.15, 0.2) is 5.49 Å². The van der Waals surface area contributed by atoms with Crippen molar-refractivity contribution < 1.29 is 32.2 Å². The Balaban J connectivity index is 1.20. The number of nitrogens with one attached hydrogen (secondary N) is 1. The topological polar surface area (TPSA) is 94.3 Å². The number of amides is 1. The summed E-state index contributed by atoms with van der Waals surface area (Å²) in [6, 6.07) is 21.4. The van der Waals surface area contributed by atoms with Gasteiger partial charge in [0, 0.05) is 17.1 Å². The molecule has 1 amide bonds. The van der Waals surface area contributed by atoms with Crippen LogP contribution in [0, 0.1) is 0 Å². The summed E-state index contributed by atoms with van der Waals surface area (Å²) >= 11 is 0. The van der Waals surface area contributed by atoms with Gasteiger partial charge in [-0.25, -0.2) is 19.3 Å². The van der Waals surface area contributed by atoms with E-state index in [1.807, 2.05) is 6.07 Å². The second-order valence-corrected chi connectivity index (χ2v) is 8.66. The standard InChI is InChI=1S/C29H21F3N4O4/c30-29(31,32)21-8-6-19(7-9-21)16-25(37)35-22-10-12-24(13-11-22)39-26-17-20-14-15-36(27(20)34-18-33-26)28(38)40-23-4-2-1-3-5-23/h1-15,17-18,26H,16H2,(H,35,37). The molecule has 1 unspecified atom stereocenters. The van der Waals surface area contributed by atoms with Crippen molar-refractivity contribution in [1.29, 1.82) is 0 Å². The van der Waals surface area contributed by atoms with Crippen LogP contribution in [0.4, 0.5) is 23.7 Å². The Morgan fingerprint density at radius 2 is 1.62 bits per heavy atom. The number of benzene rings is 3. The fraction of sp³-hybridized carbons (Fsp3) is 0.103. The average molecular weight is 547 g/mol. The van der Waals surface area contributed by atoms with Crippen molar-refractivity contribution in [2.75, 3.05) is 5.32 Å². The van der Waals surface area contributed by atoms with Gasteiger partial charge < -0.3 is 14.8 Å². The maximum Gasteiger partial charge on any atom is 0.425 e. The molecule has 1 N–H and O–H groups in total. The number of anilines is 1. The summed E-state index contributed by atoms with van der Waals surface area (Å²) < 4.78 is 50.7. The summed E-state index contributed by atoms with van der Waals surface area (Å²) in [5.74, 6) is 0.492. The lowest BCUT2D eigenvalue weighted by Gasteiger charge is -2.12. The number of halogens is 3. The zero-order chi connectivity index (χ0) is 28.1. The van der Waals surface area contributed by atoms with Gasteiger partial charge in [0.2, 0.25) is 12.1 Å². The second kappa shape index (κ2) is 11.3. The van der Waals surface area contributed by atoms with E-state index < -0.39 is 24.1 Å². The number of hydrogen-bond donors (Lipinski definition) is 1. The van der Waals surface area contributed by atoms with Crippen LogP contribution in [-0.4, -0.2) is 29.1 Å². The first-order chi connectivity index (χ1) is 19.2. The van der Waals surface area contributed by atoms with Crippen LogP contribution in [0.2, 0.25) is 0 Å². The van der Waals surface area contributed by atoms with E-state index in [0.717, 1.165) is 12.1 Å². The van der Waals surface area contributed by atoms with Crippen molar-refractivity contribution in [2.45, 2.75) is 18.8 Å². The number of para-hydroxylation sites is 1. The number of aliphatic imine (C=N–C) groups is 1. The van der Waals surface area contributed by atoms with E-state index in [0.29, 0.717) is 33.5 Å². The fourth-order valence-corrected chi connectivity index (χ4v) is 3.86. The number of rotatable bonds is 6. The predicted octanol–water partition coefficient (Wildman–Crippen LogP) is 4.58. The lowest BCUT2D eigenvalue weighted by atomic mass is 10.1. The molecule has 3 aromatic carbocycles. The summed E-state index contributed by atoms with van der Waals surface area (Å²) in [5.41, 5.74) is 0.528. The van der Waals surface area contributed by atoms with Crippen LogP contribution < -0.4 is 25.5 Å². The molecule has 1 aliphatic heterocycles. The number of nitrogens with zero attached hydrogens (tertiary/aromatic N) is 3. The molecule has 0 spiro atoms. The maximum absolute atomic E-state index is 12.7. The minimum Gasteiger partial charge on any atom is -0.465 e. The number of fused-ring (bicyclic) bond motifs is 1. The molecule has 0 saturated carbocycles. The number of carbonyl (C=O) groups excluding carboxylic acids is 2. The molecular weight excluding hydrogens is 525 g/mol. The molecule has 0 fully saturated rings. The summed E-state index contributed by atoms with van der Waals surface area (Å²) in [6.07, 6.45) is -1.30. The molecule has 4 aromatic rings. The lowest BCUT2D eigenvalue weighted by molar-refractivity contribution is -0.137. The minimum absolute atomic E-state index is 0.0769. The van der Waals surface area contributed by atoms with Crippen LogP contribution in [0.15, 0.2) is 101 Å². The van der Waals surface area contributed by atoms with E-state index in [4.69, 9.17) is 9.47 Å². The largest absolute Gasteiger partial charge is 0.465 e. The molecule has 40 heavy (non-hydrogen) atoms. The molecule has 1 atom stereocenters. The second-order valence-electron chi connectivity index (χ2n) is 8.66. The first kappa shape index (κ1) is 26.4. The van der Waals surface area contributed by atoms with Crippen LogP contribution >= 0.6 is 0 Å². The van der Waals surface area contributed by atoms with E-state index in [1.165, 1.54) is 23.0 Å². The molecule has 1 aliphatic rings. The molecule has 0 bridgehead atoms. The van der Waals surface area contributed by atoms with Crippen molar-refractivity contribution in [3.8, 4) is 11.5 Å². The molecule has 2 heterocycles. The quantitative estimate of drug-likeness (QED) is 0.383. The molecule has 0 saturated heterocycles. The highest BCUT2D eigenvalue weighted by Crippen LogP contribution is 2.29. The van der Waals surface area contributed by atoms with Crippen molar-refractivity contribution in [3.05, 3.63) is 113 Å². The van der Waals surface area contributed by atoms with E-state index in [1.54, 1.807) is 66.9 Å². The SMILES string of the molecule is O=C(Cc1ccc(C(F)(F)F)cc1)Nc1ccc(OC2C=c3ccn(C(=O)Oc4ccccc4)c3=NC=N2)cc1. The summed E-state index contributed by atoms with van der Waals surface area (Å²) in [4.78, 5) is 33.5. The molecule has 11 heteroatoms. The fourth-order valence-electron chi connectivity index (χ4n) is 3.86. The van der Waals surface area contributed by atoms with Gasteiger partial charge in [-0.15, -0.1) is 0 Å². The van der Waals surface area contributed by atoms with Crippen molar-refractivity contribution in [2.24, 2.45) is 9.98 Å². The van der Waals surface area contributed by atoms with Gasteiger partial charge in [-0.3, -0.25) is 4.79 Å². The molecule has 8 nitrogen and oxygen atoms in total. The van der Waals surface area contributed by atoms with Crippen LogP contribution in [0.1, 0.15) is 11.1 Å². The Morgan fingerprint density at radius 1 is 0.900 bits per heavy atom. The highest BCUT2D eigenvalue weighted by atomic mass is 19.4. The van der Waals surface area contributed by atoms with Crippen LogP contribution in [0.3, 0.4) is 0 Å². The molecule has 0 radical (unpaired) electrons. The number of hydrogen-bond acceptors (Lipinski definition) is 6. The zero-order valence-electron chi connectivity index (χ0n) is 20.7. The number of aromatic nitrogens is 1. The van der Waals surface area contributed by atoms with Crippen LogP contribution in [0.5, 0.6) is 11.5 Å². The van der Waals surface area contributed by atoms with Crippen LogP contribution in [0.25, 0.3) is 6.08 Å². The summed E-state index contributed by atoms with van der Waals surface area (Å²) in [5, 5.41) is 3.33. The van der Waals surface area contributed by atoms with E-state index >= 15 is 0 Å². The number of ether oxygens (including phenoxy) is 2. The van der Waals surface area contributed by atoms with Gasteiger partial charge in [0.25, 0.3) is 0 Å². The van der Waals surface area contributed by atoms with Gasteiger partial charge in [0.05, 0.1) is 12.0 Å². The van der Waals surface area contributed by atoms with Crippen molar-refractivity contribution >= 4 is 30.1 Å². The normalized spacial score (nSPS) is 14.2. The Kier molecular flexibility index (Phi) is 7.45. The minimum atomic E-state index is -4.43. The van der Waals surface area contributed by atoms with E-state index in [2.05, 4.69) is 15.3 Å². The Morgan fingerprint density at radius 3 is 2.33 bits per heavy atom. The zero-order valence-corrected chi connectivity index (χ0v) is 20.7. The number of alkyl halides is 3. The van der Waals surface area contributed by atoms with Crippen molar-refractivity contribution in [3.63, 3.8) is 0 Å². The molecule has 5 rings (SSSR count). The third kappa shape index (κ3) is 6.44. The summed E-state index contributed by atoms with van der Waals surface area (Å²) in [6.45, 7) is 0. The third-order valence-corrected chi connectivity index (χ3v) is 5.79. The first-order valence-electron chi connectivity index (χ1n) is 12.0. The highest BCUT2D eigenvalue weighted by Gasteiger charge is 2.30. The van der Waals surface area contributed by atoms with Gasteiger partial charge in [-0.05, 0) is 66.2 Å². The molecule has 0 aliphatic carbocycles. The Bertz CT molecular complexity index is 1660. The Hall–Kier alpha value is -5.19. The molecule has 1 aromatic heterocycles. The monoisotopic (exact) mass is 546 g/mol. The highest BCUT2D eigenvalue weighted by molar-refractivity contribution is 5.92. The van der Waals surface area contributed by atoms with Crippen molar-refractivity contribution in [1.82, 2.24) is 4.57 Å². The van der Waals surface area contributed by atoms with Crippen LogP contribution in [-0.2, 0) is 17.4 Å². The van der Waals surface area contributed by atoms with Gasteiger partial charge in [0.1, 0.15) is 17.8 Å². The molecule has 202 valence electrons. The van der Waals surface area contributed by atoms with Gasteiger partial charge >= 0.3 is 12.3 Å². The predicted molar refractivity (Wildman–Crippen MR) is 141 cm³/mol. The number of carbonyl (C=O) groups is 2. The van der Waals surface area contributed by atoms with E-state index in [-0.39, 0.29) is 12.3 Å². The lowest BCUT2D eigenvalue weighted by Crippen LogP contribution is -2.35.